The van der Waals surface area contributed by atoms with Gasteiger partial charge in [0, 0.05) is 11.1 Å². The predicted octanol–water partition coefficient (Wildman–Crippen LogP) is 3.46. The summed E-state index contributed by atoms with van der Waals surface area (Å²) < 4.78 is 18.8. The first-order chi connectivity index (χ1) is 7.07. The first-order valence-corrected chi connectivity index (χ1v) is 5.49. The fraction of sp³-hybridized carbons (Fsp3) is 0.300. The van der Waals surface area contributed by atoms with Crippen LogP contribution < -0.4 is 0 Å². The maximum absolute atomic E-state index is 13.5. The van der Waals surface area contributed by atoms with E-state index in [4.69, 9.17) is 16.3 Å². The van der Waals surface area contributed by atoms with Crippen molar-refractivity contribution >= 4 is 33.3 Å². The van der Waals surface area contributed by atoms with Gasteiger partial charge in [-0.2, -0.15) is 0 Å². The molecule has 0 radical (unpaired) electrons. The van der Waals surface area contributed by atoms with Gasteiger partial charge >= 0.3 is 0 Å². The van der Waals surface area contributed by atoms with Crippen LogP contribution in [0.2, 0.25) is 5.02 Å². The number of hydrogen-bond donors (Lipinski definition) is 0. The van der Waals surface area contributed by atoms with E-state index in [1.54, 1.807) is 6.92 Å². The highest BCUT2D eigenvalue weighted by atomic mass is 79.9. The molecule has 0 aliphatic carbocycles. The minimum Gasteiger partial charge on any atom is -0.374 e. The molecule has 2 nitrogen and oxygen atoms in total. The molecule has 0 unspecified atom stereocenters. The van der Waals surface area contributed by atoms with Crippen LogP contribution in [0.3, 0.4) is 0 Å². The Hall–Kier alpha value is -0.450. The van der Waals surface area contributed by atoms with Gasteiger partial charge in [-0.3, -0.25) is 4.79 Å². The molecule has 5 heteroatoms. The molecule has 0 saturated carbocycles. The van der Waals surface area contributed by atoms with E-state index in [9.17, 15) is 9.18 Å². The Morgan fingerprint density at radius 3 is 2.87 bits per heavy atom. The molecule has 0 heterocycles. The second kappa shape index (κ2) is 5.58. The van der Waals surface area contributed by atoms with Crippen molar-refractivity contribution in [3.63, 3.8) is 0 Å². The molecule has 0 bridgehead atoms. The standard InChI is InChI=1S/C10H9BrClFO2/c1-2-15-5-8(14)6-3-4-7(11)9(12)10(6)13/h3-4H,2,5H2,1H3. The van der Waals surface area contributed by atoms with Crippen LogP contribution in [0.1, 0.15) is 17.3 Å². The van der Waals surface area contributed by atoms with Crippen LogP contribution in [-0.4, -0.2) is 19.0 Å². The van der Waals surface area contributed by atoms with Gasteiger partial charge in [-0.1, -0.05) is 11.6 Å². The van der Waals surface area contributed by atoms with Gasteiger partial charge in [0.1, 0.15) is 6.61 Å². The number of rotatable bonds is 4. The molecule has 0 spiro atoms. The van der Waals surface area contributed by atoms with E-state index in [0.29, 0.717) is 11.1 Å². The monoisotopic (exact) mass is 294 g/mol. The lowest BCUT2D eigenvalue weighted by molar-refractivity contribution is 0.0779. The van der Waals surface area contributed by atoms with Crippen LogP contribution >= 0.6 is 27.5 Å². The highest BCUT2D eigenvalue weighted by Crippen LogP contribution is 2.27. The fourth-order valence-electron chi connectivity index (χ4n) is 1.01. The number of ether oxygens (including phenoxy) is 1. The Kier molecular flexibility index (Phi) is 4.70. The van der Waals surface area contributed by atoms with Gasteiger partial charge in [0.05, 0.1) is 10.6 Å². The molecule has 0 saturated heterocycles. The van der Waals surface area contributed by atoms with Crippen LogP contribution in [0.15, 0.2) is 16.6 Å². The van der Waals surface area contributed by atoms with Crippen LogP contribution in [0.4, 0.5) is 4.39 Å². The third-order valence-corrected chi connectivity index (χ3v) is 3.03. The van der Waals surface area contributed by atoms with E-state index in [0.717, 1.165) is 0 Å². The zero-order valence-corrected chi connectivity index (χ0v) is 10.4. The summed E-state index contributed by atoms with van der Waals surface area (Å²) in [6, 6.07) is 2.91. The van der Waals surface area contributed by atoms with Crippen LogP contribution in [0, 0.1) is 5.82 Å². The number of Topliss-reactive ketones (excluding diaryl/α,β-unsaturated/α-hetero) is 1. The normalized spacial score (nSPS) is 10.4. The number of halogens is 3. The third kappa shape index (κ3) is 3.00. The van der Waals surface area contributed by atoms with Crippen molar-refractivity contribution < 1.29 is 13.9 Å². The van der Waals surface area contributed by atoms with Gasteiger partial charge in [0.25, 0.3) is 0 Å². The third-order valence-electron chi connectivity index (χ3n) is 1.77. The molecule has 1 aromatic rings. The number of benzene rings is 1. The number of ketones is 1. The summed E-state index contributed by atoms with van der Waals surface area (Å²) in [4.78, 5) is 11.4. The highest BCUT2D eigenvalue weighted by Gasteiger charge is 2.16. The maximum atomic E-state index is 13.5. The zero-order chi connectivity index (χ0) is 11.4. The lowest BCUT2D eigenvalue weighted by Crippen LogP contribution is -2.11. The van der Waals surface area contributed by atoms with E-state index >= 15 is 0 Å². The lowest BCUT2D eigenvalue weighted by atomic mass is 10.1. The van der Waals surface area contributed by atoms with Gasteiger partial charge < -0.3 is 4.74 Å². The number of carbonyl (C=O) groups excluding carboxylic acids is 1. The Balaban J connectivity index is 2.95. The largest absolute Gasteiger partial charge is 0.374 e. The summed E-state index contributed by atoms with van der Waals surface area (Å²) in [5, 5.41) is -0.0858. The smallest absolute Gasteiger partial charge is 0.191 e. The van der Waals surface area contributed by atoms with Crippen LogP contribution in [-0.2, 0) is 4.74 Å². The lowest BCUT2D eigenvalue weighted by Gasteiger charge is -2.05. The molecular formula is C10H9BrClFO2. The molecule has 0 amide bonds. The average molecular weight is 296 g/mol. The van der Waals surface area contributed by atoms with Crippen molar-refractivity contribution in [2.75, 3.05) is 13.2 Å². The minimum absolute atomic E-state index is 0.0448. The van der Waals surface area contributed by atoms with Crippen LogP contribution in [0.5, 0.6) is 0 Å². The summed E-state index contributed by atoms with van der Waals surface area (Å²) in [5.74, 6) is -1.13. The van der Waals surface area contributed by atoms with Crippen molar-refractivity contribution in [2.24, 2.45) is 0 Å². The van der Waals surface area contributed by atoms with Gasteiger partial charge in [-0.05, 0) is 35.0 Å². The molecule has 0 aromatic heterocycles. The average Bonchev–Trinajstić information content (AvgIpc) is 2.23. The predicted molar refractivity (Wildman–Crippen MR) is 59.9 cm³/mol. The van der Waals surface area contributed by atoms with Crippen molar-refractivity contribution in [1.29, 1.82) is 0 Å². The first-order valence-electron chi connectivity index (χ1n) is 4.32. The summed E-state index contributed by atoms with van der Waals surface area (Å²) in [6.07, 6.45) is 0. The molecule has 1 rings (SSSR count). The van der Waals surface area contributed by atoms with Crippen molar-refractivity contribution in [3.05, 3.63) is 33.0 Å². The van der Waals surface area contributed by atoms with E-state index < -0.39 is 11.6 Å². The number of carbonyl (C=O) groups is 1. The minimum atomic E-state index is -0.712. The summed E-state index contributed by atoms with van der Waals surface area (Å²) >= 11 is 8.71. The van der Waals surface area contributed by atoms with E-state index in [2.05, 4.69) is 15.9 Å². The maximum Gasteiger partial charge on any atom is 0.191 e. The molecule has 1 aromatic carbocycles. The molecule has 0 aliphatic rings. The molecule has 15 heavy (non-hydrogen) atoms. The number of hydrogen-bond acceptors (Lipinski definition) is 2. The SMILES string of the molecule is CCOCC(=O)c1ccc(Br)c(Cl)c1F. The summed E-state index contributed by atoms with van der Waals surface area (Å²) in [5.41, 5.74) is -0.0448. The Labute approximate surface area is 101 Å². The quantitative estimate of drug-likeness (QED) is 0.628. The first kappa shape index (κ1) is 12.6. The molecule has 0 atom stereocenters. The zero-order valence-electron chi connectivity index (χ0n) is 8.02. The Morgan fingerprint density at radius 1 is 1.60 bits per heavy atom. The van der Waals surface area contributed by atoms with E-state index in [1.165, 1.54) is 12.1 Å². The Morgan fingerprint density at radius 2 is 2.27 bits per heavy atom. The molecular weight excluding hydrogens is 286 g/mol. The Bertz CT molecular complexity index is 382. The van der Waals surface area contributed by atoms with Crippen molar-refractivity contribution in [2.45, 2.75) is 6.92 Å². The van der Waals surface area contributed by atoms with Gasteiger partial charge in [0.15, 0.2) is 11.6 Å². The van der Waals surface area contributed by atoms with Crippen molar-refractivity contribution in [1.82, 2.24) is 0 Å². The van der Waals surface area contributed by atoms with Gasteiger partial charge in [-0.15, -0.1) is 0 Å². The van der Waals surface area contributed by atoms with E-state index in [1.807, 2.05) is 0 Å². The van der Waals surface area contributed by atoms with E-state index in [-0.39, 0.29) is 17.2 Å². The molecule has 0 N–H and O–H groups in total. The van der Waals surface area contributed by atoms with Gasteiger partial charge in [-0.25, -0.2) is 4.39 Å². The topological polar surface area (TPSA) is 26.3 Å². The molecule has 0 aliphatic heterocycles. The fourth-order valence-corrected chi connectivity index (χ4v) is 1.48. The second-order valence-electron chi connectivity index (χ2n) is 2.78. The highest BCUT2D eigenvalue weighted by molar-refractivity contribution is 9.10. The molecule has 0 fully saturated rings. The summed E-state index contributed by atoms with van der Waals surface area (Å²) in [7, 11) is 0. The van der Waals surface area contributed by atoms with Crippen LogP contribution in [0.25, 0.3) is 0 Å². The molecule has 82 valence electrons. The summed E-state index contributed by atoms with van der Waals surface area (Å²) in [6.45, 7) is 2.04. The van der Waals surface area contributed by atoms with Gasteiger partial charge in [0.2, 0.25) is 0 Å². The van der Waals surface area contributed by atoms with Crippen molar-refractivity contribution in [3.8, 4) is 0 Å². The second-order valence-corrected chi connectivity index (χ2v) is 4.02.